The number of carbonyl (C=O) groups is 2. The molecule has 0 bridgehead atoms. The zero-order chi connectivity index (χ0) is 19.2. The van der Waals surface area contributed by atoms with Gasteiger partial charge in [0.15, 0.2) is 0 Å². The summed E-state index contributed by atoms with van der Waals surface area (Å²) in [5, 5.41) is 2.95. The van der Waals surface area contributed by atoms with Gasteiger partial charge in [0.05, 0.1) is 12.0 Å². The molecule has 1 atom stereocenters. The summed E-state index contributed by atoms with van der Waals surface area (Å²) in [6, 6.07) is 17.5. The van der Waals surface area contributed by atoms with Gasteiger partial charge in [0, 0.05) is 26.1 Å². The average Bonchev–Trinajstić information content (AvgIpc) is 3.02. The van der Waals surface area contributed by atoms with Crippen molar-refractivity contribution in [1.29, 1.82) is 0 Å². The lowest BCUT2D eigenvalue weighted by atomic mass is 10.1. The van der Waals surface area contributed by atoms with E-state index in [0.717, 1.165) is 16.9 Å². The third kappa shape index (κ3) is 5.33. The molecule has 2 amide bonds. The summed E-state index contributed by atoms with van der Waals surface area (Å²) >= 11 is 0. The summed E-state index contributed by atoms with van der Waals surface area (Å²) < 4.78 is 5.62. The zero-order valence-corrected chi connectivity index (χ0v) is 15.9. The van der Waals surface area contributed by atoms with Gasteiger partial charge in [-0.15, -0.1) is 0 Å². The van der Waals surface area contributed by atoms with E-state index in [4.69, 9.17) is 4.74 Å². The maximum absolute atomic E-state index is 12.5. The summed E-state index contributed by atoms with van der Waals surface area (Å²) in [5.41, 5.74) is 2.08. The Morgan fingerprint density at radius 1 is 1.11 bits per heavy atom. The van der Waals surface area contributed by atoms with Crippen LogP contribution in [0, 0.1) is 5.92 Å². The molecule has 3 rings (SSSR count). The predicted molar refractivity (Wildman–Crippen MR) is 104 cm³/mol. The Labute approximate surface area is 160 Å². The van der Waals surface area contributed by atoms with Crippen LogP contribution in [0.3, 0.4) is 0 Å². The highest BCUT2D eigenvalue weighted by atomic mass is 16.5. The first-order chi connectivity index (χ1) is 13.0. The summed E-state index contributed by atoms with van der Waals surface area (Å²) in [7, 11) is 0. The number of rotatable bonds is 7. The first kappa shape index (κ1) is 19.0. The number of benzene rings is 2. The first-order valence-corrected chi connectivity index (χ1v) is 9.36. The topological polar surface area (TPSA) is 58.6 Å². The van der Waals surface area contributed by atoms with Gasteiger partial charge in [-0.1, -0.05) is 42.5 Å². The van der Waals surface area contributed by atoms with E-state index in [2.05, 4.69) is 5.32 Å². The Hall–Kier alpha value is -2.82. The molecule has 0 aromatic heterocycles. The number of likely N-dealkylation sites (tertiary alicyclic amines) is 1. The molecule has 1 N–H and O–H groups in total. The predicted octanol–water partition coefficient (Wildman–Crippen LogP) is 3.14. The zero-order valence-electron chi connectivity index (χ0n) is 15.9. The number of amides is 2. The molecule has 1 fully saturated rings. The Bertz CT molecular complexity index is 772. The van der Waals surface area contributed by atoms with Gasteiger partial charge in [0.25, 0.3) is 0 Å². The molecular weight excluding hydrogens is 340 g/mol. The van der Waals surface area contributed by atoms with E-state index >= 15 is 0 Å². The summed E-state index contributed by atoms with van der Waals surface area (Å²) in [6.45, 7) is 5.45. The highest BCUT2D eigenvalue weighted by Gasteiger charge is 2.34. The van der Waals surface area contributed by atoms with Crippen LogP contribution < -0.4 is 10.1 Å². The van der Waals surface area contributed by atoms with Gasteiger partial charge in [-0.2, -0.15) is 0 Å². The highest BCUT2D eigenvalue weighted by molar-refractivity contribution is 5.89. The van der Waals surface area contributed by atoms with Crippen LogP contribution in [0.15, 0.2) is 54.6 Å². The van der Waals surface area contributed by atoms with Crippen molar-refractivity contribution in [2.24, 2.45) is 5.92 Å². The van der Waals surface area contributed by atoms with Crippen LogP contribution >= 0.6 is 0 Å². The lowest BCUT2D eigenvalue weighted by Crippen LogP contribution is -2.32. The van der Waals surface area contributed by atoms with Crippen molar-refractivity contribution < 1.29 is 14.3 Å². The van der Waals surface area contributed by atoms with E-state index < -0.39 is 0 Å². The van der Waals surface area contributed by atoms with E-state index in [9.17, 15) is 9.59 Å². The molecule has 2 aromatic carbocycles. The van der Waals surface area contributed by atoms with Gasteiger partial charge in [-0.25, -0.2) is 0 Å². The third-order valence-corrected chi connectivity index (χ3v) is 4.56. The van der Waals surface area contributed by atoms with Gasteiger partial charge < -0.3 is 15.0 Å². The van der Waals surface area contributed by atoms with Crippen molar-refractivity contribution in [2.75, 3.05) is 6.54 Å². The molecule has 0 radical (unpaired) electrons. The fourth-order valence-corrected chi connectivity index (χ4v) is 3.20. The minimum absolute atomic E-state index is 0.0363. The molecule has 0 aliphatic carbocycles. The van der Waals surface area contributed by atoms with Gasteiger partial charge in [0.1, 0.15) is 5.75 Å². The summed E-state index contributed by atoms with van der Waals surface area (Å²) in [6.07, 6.45) is 0.411. The number of nitrogens with zero attached hydrogens (tertiary/aromatic N) is 1. The number of ether oxygens (including phenoxy) is 1. The van der Waals surface area contributed by atoms with Crippen LogP contribution in [0.5, 0.6) is 5.75 Å². The van der Waals surface area contributed by atoms with Crippen LogP contribution in [0.2, 0.25) is 0 Å². The van der Waals surface area contributed by atoms with E-state index in [1.807, 2.05) is 68.4 Å². The van der Waals surface area contributed by atoms with Crippen molar-refractivity contribution in [3.63, 3.8) is 0 Å². The van der Waals surface area contributed by atoms with Gasteiger partial charge in [-0.3, -0.25) is 9.59 Å². The molecule has 1 saturated heterocycles. The molecule has 2 aromatic rings. The molecule has 1 heterocycles. The molecule has 1 aliphatic heterocycles. The Balaban J connectivity index is 1.49. The SMILES string of the molecule is CC(C)Oc1ccc(CNC(=O)[C@H]2CC(=O)N(Cc3ccccc3)C2)cc1. The van der Waals surface area contributed by atoms with Crippen molar-refractivity contribution in [3.8, 4) is 5.75 Å². The summed E-state index contributed by atoms with van der Waals surface area (Å²) in [4.78, 5) is 26.4. The standard InChI is InChI=1S/C22H26N2O3/c1-16(2)27-20-10-8-17(9-11-20)13-23-22(26)19-12-21(25)24(15-19)14-18-6-4-3-5-7-18/h3-11,16,19H,12-15H2,1-2H3,(H,23,26)/t19-/m0/s1. The second-order valence-corrected chi connectivity index (χ2v) is 7.19. The van der Waals surface area contributed by atoms with E-state index in [1.54, 1.807) is 4.90 Å². The maximum atomic E-state index is 12.5. The Kier molecular flexibility index (Phi) is 6.12. The van der Waals surface area contributed by atoms with Crippen molar-refractivity contribution >= 4 is 11.8 Å². The van der Waals surface area contributed by atoms with E-state index in [0.29, 0.717) is 19.6 Å². The largest absolute Gasteiger partial charge is 0.491 e. The highest BCUT2D eigenvalue weighted by Crippen LogP contribution is 2.21. The Morgan fingerprint density at radius 2 is 1.81 bits per heavy atom. The van der Waals surface area contributed by atoms with Crippen LogP contribution in [-0.2, 0) is 22.7 Å². The second-order valence-electron chi connectivity index (χ2n) is 7.19. The fourth-order valence-electron chi connectivity index (χ4n) is 3.20. The van der Waals surface area contributed by atoms with Gasteiger partial charge >= 0.3 is 0 Å². The molecule has 0 spiro atoms. The maximum Gasteiger partial charge on any atom is 0.225 e. The lowest BCUT2D eigenvalue weighted by Gasteiger charge is -2.16. The molecule has 5 heteroatoms. The number of hydrogen-bond donors (Lipinski definition) is 1. The molecule has 0 unspecified atom stereocenters. The average molecular weight is 366 g/mol. The van der Waals surface area contributed by atoms with Gasteiger partial charge in [0.2, 0.25) is 11.8 Å². The van der Waals surface area contributed by atoms with Crippen LogP contribution in [0.4, 0.5) is 0 Å². The second kappa shape index (κ2) is 8.71. The normalized spacial score (nSPS) is 16.6. The molecular formula is C22H26N2O3. The smallest absolute Gasteiger partial charge is 0.225 e. The van der Waals surface area contributed by atoms with Crippen LogP contribution in [0.1, 0.15) is 31.4 Å². The van der Waals surface area contributed by atoms with E-state index in [-0.39, 0.29) is 30.3 Å². The molecule has 0 saturated carbocycles. The minimum atomic E-state index is -0.287. The number of hydrogen-bond acceptors (Lipinski definition) is 3. The fraction of sp³-hybridized carbons (Fsp3) is 0.364. The molecule has 27 heavy (non-hydrogen) atoms. The van der Waals surface area contributed by atoms with Gasteiger partial charge in [-0.05, 0) is 37.1 Å². The third-order valence-electron chi connectivity index (χ3n) is 4.56. The lowest BCUT2D eigenvalue weighted by molar-refractivity contribution is -0.129. The van der Waals surface area contributed by atoms with Crippen LogP contribution in [0.25, 0.3) is 0 Å². The Morgan fingerprint density at radius 3 is 2.48 bits per heavy atom. The first-order valence-electron chi connectivity index (χ1n) is 9.36. The summed E-state index contributed by atoms with van der Waals surface area (Å²) in [5.74, 6) is 0.499. The van der Waals surface area contributed by atoms with E-state index in [1.165, 1.54) is 0 Å². The quantitative estimate of drug-likeness (QED) is 0.819. The number of carbonyl (C=O) groups excluding carboxylic acids is 2. The van der Waals surface area contributed by atoms with Crippen molar-refractivity contribution in [2.45, 2.75) is 39.5 Å². The molecule has 5 nitrogen and oxygen atoms in total. The minimum Gasteiger partial charge on any atom is -0.491 e. The van der Waals surface area contributed by atoms with Crippen molar-refractivity contribution in [3.05, 3.63) is 65.7 Å². The van der Waals surface area contributed by atoms with Crippen molar-refractivity contribution in [1.82, 2.24) is 10.2 Å². The number of nitrogens with one attached hydrogen (secondary N) is 1. The monoisotopic (exact) mass is 366 g/mol. The van der Waals surface area contributed by atoms with Crippen LogP contribution in [-0.4, -0.2) is 29.4 Å². The molecule has 1 aliphatic rings. The molecule has 142 valence electrons.